The Morgan fingerprint density at radius 1 is 1.43 bits per heavy atom. The van der Waals surface area contributed by atoms with Gasteiger partial charge in [-0.1, -0.05) is 0 Å². The molecule has 1 aromatic carbocycles. The molecule has 6 heteroatoms. The Bertz CT molecular complexity index is 308. The summed E-state index contributed by atoms with van der Waals surface area (Å²) in [5.74, 6) is 0. The van der Waals surface area contributed by atoms with Gasteiger partial charge in [0, 0.05) is 12.1 Å². The maximum Gasteiger partial charge on any atom is 0.506 e. The van der Waals surface area contributed by atoms with E-state index in [1.807, 2.05) is 0 Å². The van der Waals surface area contributed by atoms with Crippen molar-refractivity contribution in [3.8, 4) is 0 Å². The molecule has 0 spiro atoms. The number of hydrogen-bond acceptors (Lipinski definition) is 4. The molecule has 0 saturated carbocycles. The van der Waals surface area contributed by atoms with Gasteiger partial charge in [0.1, 0.15) is 6.61 Å². The molecule has 76 valence electrons. The highest BCUT2D eigenvalue weighted by Crippen LogP contribution is 2.06. The van der Waals surface area contributed by atoms with Crippen LogP contribution in [0.15, 0.2) is 24.3 Å². The predicted molar refractivity (Wildman–Crippen MR) is 45.0 cm³/mol. The van der Waals surface area contributed by atoms with Crippen LogP contribution in [0.25, 0.3) is 0 Å². The van der Waals surface area contributed by atoms with Crippen LogP contribution >= 0.6 is 0 Å². The van der Waals surface area contributed by atoms with Gasteiger partial charge in [-0.3, -0.25) is 0 Å². The molecule has 0 aromatic heterocycles. The Kier molecular flexibility index (Phi) is 3.41. The van der Waals surface area contributed by atoms with Crippen molar-refractivity contribution < 1.29 is 25.1 Å². The second-order valence-corrected chi connectivity index (χ2v) is 2.56. The van der Waals surface area contributed by atoms with Gasteiger partial charge in [-0.25, -0.2) is 10.0 Å². The molecule has 3 N–H and O–H groups in total. The Hall–Kier alpha value is -1.63. The first-order valence-corrected chi connectivity index (χ1v) is 3.77. The van der Waals surface area contributed by atoms with Crippen molar-refractivity contribution in [1.82, 2.24) is 0 Å². The number of quaternary nitrogens is 1. The highest BCUT2D eigenvalue weighted by atomic mass is 16.8. The molecule has 0 amide bonds. The standard InChI is InChI=1S/C8H9NO5/c10-8(11)14-5-6-1-3-7(4-2-6)9(12)13/h1-4,9,12H,5H2,(H,10,11). The maximum atomic E-state index is 10.5. The van der Waals surface area contributed by atoms with E-state index in [9.17, 15) is 10.0 Å². The summed E-state index contributed by atoms with van der Waals surface area (Å²) in [5, 5.41) is 26.2. The van der Waals surface area contributed by atoms with Crippen LogP contribution in [0, 0.1) is 5.21 Å². The molecule has 1 unspecified atom stereocenters. The predicted octanol–water partition coefficient (Wildman–Crippen LogP) is 0.285. The molecule has 0 fully saturated rings. The summed E-state index contributed by atoms with van der Waals surface area (Å²) >= 11 is 0. The summed E-state index contributed by atoms with van der Waals surface area (Å²) in [7, 11) is 0. The zero-order valence-electron chi connectivity index (χ0n) is 7.14. The quantitative estimate of drug-likeness (QED) is 0.480. The van der Waals surface area contributed by atoms with E-state index in [2.05, 4.69) is 4.74 Å². The minimum Gasteiger partial charge on any atom is -0.595 e. The summed E-state index contributed by atoms with van der Waals surface area (Å²) < 4.78 is 4.30. The van der Waals surface area contributed by atoms with Gasteiger partial charge in [-0.15, -0.1) is 0 Å². The number of hydrogen-bond donors (Lipinski definition) is 3. The third-order valence-electron chi connectivity index (χ3n) is 1.56. The average molecular weight is 199 g/mol. The van der Waals surface area contributed by atoms with Crippen molar-refractivity contribution in [3.63, 3.8) is 0 Å². The summed E-state index contributed by atoms with van der Waals surface area (Å²) in [5.41, 5.74) is 0.765. The number of rotatable bonds is 3. The van der Waals surface area contributed by atoms with Gasteiger partial charge in [0.05, 0.1) is 0 Å². The molecule has 0 aliphatic carbocycles. The van der Waals surface area contributed by atoms with Crippen molar-refractivity contribution in [2.24, 2.45) is 0 Å². The molecule has 0 radical (unpaired) electrons. The molecule has 1 atom stereocenters. The van der Waals surface area contributed by atoms with Crippen LogP contribution in [0.4, 0.5) is 10.5 Å². The summed E-state index contributed by atoms with van der Waals surface area (Å²) in [6.07, 6.45) is -1.35. The second-order valence-electron chi connectivity index (χ2n) is 2.56. The fourth-order valence-corrected chi connectivity index (χ4v) is 0.889. The first-order valence-electron chi connectivity index (χ1n) is 3.77. The molecule has 1 rings (SSSR count). The highest BCUT2D eigenvalue weighted by molar-refractivity contribution is 5.56. The van der Waals surface area contributed by atoms with Crippen LogP contribution in [-0.2, 0) is 11.3 Å². The summed E-state index contributed by atoms with van der Waals surface area (Å²) in [6.45, 7) is -0.0742. The van der Waals surface area contributed by atoms with E-state index in [4.69, 9.17) is 10.3 Å². The molecule has 0 aliphatic rings. The van der Waals surface area contributed by atoms with Crippen molar-refractivity contribution >= 4 is 11.8 Å². The van der Waals surface area contributed by atoms with Crippen LogP contribution in [0.3, 0.4) is 0 Å². The molecule has 1 aromatic rings. The van der Waals surface area contributed by atoms with Gasteiger partial charge >= 0.3 is 6.16 Å². The topological polar surface area (TPSA) is 94.3 Å². The van der Waals surface area contributed by atoms with E-state index < -0.39 is 11.4 Å². The number of carboxylic acid groups (broad SMARTS) is 1. The Balaban J connectivity index is 2.59. The molecule has 0 bridgehead atoms. The first-order chi connectivity index (χ1) is 6.59. The third kappa shape index (κ3) is 3.02. The molecule has 14 heavy (non-hydrogen) atoms. The average Bonchev–Trinajstić information content (AvgIpc) is 2.15. The van der Waals surface area contributed by atoms with Crippen LogP contribution < -0.4 is 5.23 Å². The van der Waals surface area contributed by atoms with Gasteiger partial charge < -0.3 is 15.1 Å². The number of benzene rings is 1. The monoisotopic (exact) mass is 199 g/mol. The van der Waals surface area contributed by atoms with E-state index in [1.165, 1.54) is 24.3 Å². The van der Waals surface area contributed by atoms with Gasteiger partial charge in [-0.05, 0) is 17.7 Å². The van der Waals surface area contributed by atoms with Gasteiger partial charge in [0.25, 0.3) is 0 Å². The van der Waals surface area contributed by atoms with E-state index in [0.717, 1.165) is 0 Å². The molecule has 0 saturated heterocycles. The molecular weight excluding hydrogens is 190 g/mol. The minimum absolute atomic E-state index is 0.0742. The molecule has 6 nitrogen and oxygen atoms in total. The maximum absolute atomic E-state index is 10.5. The van der Waals surface area contributed by atoms with Gasteiger partial charge in [-0.2, -0.15) is 5.23 Å². The SMILES string of the molecule is O=C(O)OCc1ccc([NH+]([O-])O)cc1. The summed E-state index contributed by atoms with van der Waals surface area (Å²) in [6, 6.07) is 5.80. The molecule has 0 aliphatic heterocycles. The lowest BCUT2D eigenvalue weighted by molar-refractivity contribution is -0.991. The number of carbonyl (C=O) groups is 1. The Morgan fingerprint density at radius 3 is 2.43 bits per heavy atom. The van der Waals surface area contributed by atoms with Crippen LogP contribution in [0.2, 0.25) is 0 Å². The number of nitrogens with one attached hydrogen (secondary N) is 1. The highest BCUT2D eigenvalue weighted by Gasteiger charge is 2.01. The zero-order chi connectivity index (χ0) is 10.6. The summed E-state index contributed by atoms with van der Waals surface area (Å²) in [4.78, 5) is 10.0. The van der Waals surface area contributed by atoms with E-state index in [-0.39, 0.29) is 12.3 Å². The van der Waals surface area contributed by atoms with Crippen LogP contribution in [0.1, 0.15) is 5.56 Å². The fourth-order valence-electron chi connectivity index (χ4n) is 0.889. The van der Waals surface area contributed by atoms with Crippen LogP contribution in [0.5, 0.6) is 0 Å². The van der Waals surface area contributed by atoms with Crippen molar-refractivity contribution in [3.05, 3.63) is 35.0 Å². The van der Waals surface area contributed by atoms with Crippen molar-refractivity contribution in [2.45, 2.75) is 6.61 Å². The smallest absolute Gasteiger partial charge is 0.506 e. The lowest BCUT2D eigenvalue weighted by Crippen LogP contribution is -2.99. The van der Waals surface area contributed by atoms with Crippen LogP contribution in [-0.4, -0.2) is 16.5 Å². The van der Waals surface area contributed by atoms with E-state index in [0.29, 0.717) is 5.56 Å². The third-order valence-corrected chi connectivity index (χ3v) is 1.56. The molecular formula is C8H9NO5. The van der Waals surface area contributed by atoms with E-state index >= 15 is 0 Å². The van der Waals surface area contributed by atoms with Crippen molar-refractivity contribution in [1.29, 1.82) is 0 Å². The first kappa shape index (κ1) is 10.5. The lowest BCUT2D eigenvalue weighted by Gasteiger charge is -2.11. The number of ether oxygens (including phenoxy) is 1. The Labute approximate surface area is 79.5 Å². The fraction of sp³-hybridized carbons (Fsp3) is 0.125. The van der Waals surface area contributed by atoms with Crippen molar-refractivity contribution in [2.75, 3.05) is 0 Å². The van der Waals surface area contributed by atoms with Gasteiger partial charge in [0.15, 0.2) is 5.69 Å². The normalized spacial score (nSPS) is 12.1. The molecule has 0 heterocycles. The van der Waals surface area contributed by atoms with Gasteiger partial charge in [0.2, 0.25) is 0 Å². The zero-order valence-corrected chi connectivity index (χ0v) is 7.14. The lowest BCUT2D eigenvalue weighted by atomic mass is 10.2. The minimum atomic E-state index is -1.35. The second kappa shape index (κ2) is 4.56. The Morgan fingerprint density at radius 2 is 2.00 bits per heavy atom. The largest absolute Gasteiger partial charge is 0.595 e. The van der Waals surface area contributed by atoms with E-state index in [1.54, 1.807) is 0 Å².